The molecule has 0 aliphatic carbocycles. The molecule has 0 aromatic rings. The molecule has 14 heavy (non-hydrogen) atoms. The van der Waals surface area contributed by atoms with Gasteiger partial charge in [-0.05, 0) is 12.8 Å². The molecule has 82 valence electrons. The van der Waals surface area contributed by atoms with E-state index in [1.165, 1.54) is 41.6 Å². The van der Waals surface area contributed by atoms with Crippen molar-refractivity contribution in [2.24, 2.45) is 0 Å². The summed E-state index contributed by atoms with van der Waals surface area (Å²) in [5.74, 6) is 0. The van der Waals surface area contributed by atoms with Crippen molar-refractivity contribution in [2.75, 3.05) is 26.2 Å². The number of halogens is 1. The summed E-state index contributed by atoms with van der Waals surface area (Å²) in [6, 6.07) is 0. The molecule has 0 unspecified atom stereocenters. The van der Waals surface area contributed by atoms with Gasteiger partial charge in [0.25, 0.3) is 0 Å². The van der Waals surface area contributed by atoms with Crippen molar-refractivity contribution >= 4 is 0 Å². The Bertz CT molecular complexity index is 196. The second kappa shape index (κ2) is 5.91. The Kier molecular flexibility index (Phi) is 5.98. The lowest BCUT2D eigenvalue weighted by atomic mass is 10.2. The number of hydrogen-bond donors (Lipinski definition) is 0. The van der Waals surface area contributed by atoms with Gasteiger partial charge in [-0.2, -0.15) is 0 Å². The zero-order valence-corrected chi connectivity index (χ0v) is 11.6. The average molecular weight is 307 g/mol. The SMILES string of the molecule is C=C1C[N+](CCC)(CCC)CC1=C.[I-]. The van der Waals surface area contributed by atoms with Crippen LogP contribution < -0.4 is 24.0 Å². The van der Waals surface area contributed by atoms with Crippen LogP contribution in [0.3, 0.4) is 0 Å². The molecule has 1 aliphatic rings. The van der Waals surface area contributed by atoms with Crippen LogP contribution in [0, 0.1) is 0 Å². The number of quaternary nitrogens is 1. The van der Waals surface area contributed by atoms with Crippen LogP contribution >= 0.6 is 0 Å². The Morgan fingerprint density at radius 3 is 1.64 bits per heavy atom. The van der Waals surface area contributed by atoms with Gasteiger partial charge < -0.3 is 28.5 Å². The summed E-state index contributed by atoms with van der Waals surface area (Å²) in [6.07, 6.45) is 2.53. The molecule has 1 nitrogen and oxygen atoms in total. The Morgan fingerprint density at radius 1 is 1.00 bits per heavy atom. The van der Waals surface area contributed by atoms with Crippen molar-refractivity contribution < 1.29 is 28.5 Å². The van der Waals surface area contributed by atoms with Crippen LogP contribution in [0.25, 0.3) is 0 Å². The van der Waals surface area contributed by atoms with Gasteiger partial charge in [0.1, 0.15) is 13.1 Å². The fourth-order valence-corrected chi connectivity index (χ4v) is 2.47. The minimum Gasteiger partial charge on any atom is -1.00 e. The minimum absolute atomic E-state index is 0. The zero-order valence-electron chi connectivity index (χ0n) is 9.48. The summed E-state index contributed by atoms with van der Waals surface area (Å²) in [5, 5.41) is 0. The van der Waals surface area contributed by atoms with Gasteiger partial charge in [0, 0.05) is 11.1 Å². The van der Waals surface area contributed by atoms with Crippen LogP contribution in [0.1, 0.15) is 26.7 Å². The van der Waals surface area contributed by atoms with Crippen LogP contribution in [-0.4, -0.2) is 30.7 Å². The van der Waals surface area contributed by atoms with Gasteiger partial charge in [-0.25, -0.2) is 0 Å². The first-order valence-electron chi connectivity index (χ1n) is 5.34. The van der Waals surface area contributed by atoms with Crippen molar-refractivity contribution in [3.8, 4) is 0 Å². The maximum Gasteiger partial charge on any atom is 0.105 e. The molecular formula is C12H22IN. The molecule has 0 aromatic heterocycles. The van der Waals surface area contributed by atoms with E-state index in [1.807, 2.05) is 0 Å². The normalized spacial score (nSPS) is 19.6. The van der Waals surface area contributed by atoms with Gasteiger partial charge in [0.05, 0.1) is 13.1 Å². The molecule has 0 bridgehead atoms. The Morgan fingerprint density at radius 2 is 1.36 bits per heavy atom. The van der Waals surface area contributed by atoms with Crippen molar-refractivity contribution in [3.05, 3.63) is 24.3 Å². The van der Waals surface area contributed by atoms with Crippen LogP contribution in [0.5, 0.6) is 0 Å². The van der Waals surface area contributed by atoms with Crippen LogP contribution in [-0.2, 0) is 0 Å². The molecule has 1 rings (SSSR count). The van der Waals surface area contributed by atoms with Gasteiger partial charge in [0.2, 0.25) is 0 Å². The lowest BCUT2D eigenvalue weighted by Crippen LogP contribution is -3.00. The fourth-order valence-electron chi connectivity index (χ4n) is 2.47. The second-order valence-corrected chi connectivity index (χ2v) is 4.31. The van der Waals surface area contributed by atoms with E-state index in [2.05, 4.69) is 27.0 Å². The highest BCUT2D eigenvalue weighted by Gasteiger charge is 2.34. The summed E-state index contributed by atoms with van der Waals surface area (Å²) < 4.78 is 1.21. The van der Waals surface area contributed by atoms with Crippen molar-refractivity contribution in [1.29, 1.82) is 0 Å². The predicted molar refractivity (Wildman–Crippen MR) is 58.6 cm³/mol. The van der Waals surface area contributed by atoms with E-state index in [0.717, 1.165) is 13.1 Å². The summed E-state index contributed by atoms with van der Waals surface area (Å²) in [6.45, 7) is 17.5. The number of hydrogen-bond acceptors (Lipinski definition) is 0. The number of nitrogens with zero attached hydrogens (tertiary/aromatic N) is 1. The van der Waals surface area contributed by atoms with Crippen molar-refractivity contribution in [1.82, 2.24) is 0 Å². The fraction of sp³-hybridized carbons (Fsp3) is 0.667. The third-order valence-electron chi connectivity index (χ3n) is 2.95. The first-order chi connectivity index (χ1) is 6.13. The Labute approximate surface area is 105 Å². The van der Waals surface area contributed by atoms with E-state index < -0.39 is 0 Å². The van der Waals surface area contributed by atoms with E-state index >= 15 is 0 Å². The molecule has 0 atom stereocenters. The lowest BCUT2D eigenvalue weighted by molar-refractivity contribution is -0.912. The highest BCUT2D eigenvalue weighted by atomic mass is 127. The van der Waals surface area contributed by atoms with E-state index in [0.29, 0.717) is 0 Å². The minimum atomic E-state index is 0. The second-order valence-electron chi connectivity index (χ2n) is 4.31. The average Bonchev–Trinajstić information content (AvgIpc) is 2.29. The number of likely N-dealkylation sites (tertiary alicyclic amines) is 1. The topological polar surface area (TPSA) is 0 Å². The van der Waals surface area contributed by atoms with Gasteiger partial charge in [-0.15, -0.1) is 0 Å². The maximum atomic E-state index is 4.08. The van der Waals surface area contributed by atoms with Gasteiger partial charge in [0.15, 0.2) is 0 Å². The first-order valence-corrected chi connectivity index (χ1v) is 5.34. The molecule has 0 amide bonds. The third kappa shape index (κ3) is 3.09. The molecule has 0 N–H and O–H groups in total. The largest absolute Gasteiger partial charge is 1.00 e. The lowest BCUT2D eigenvalue weighted by Gasteiger charge is -2.33. The summed E-state index contributed by atoms with van der Waals surface area (Å²) >= 11 is 0. The van der Waals surface area contributed by atoms with Crippen molar-refractivity contribution in [2.45, 2.75) is 26.7 Å². The zero-order chi connectivity index (χ0) is 9.90. The maximum absolute atomic E-state index is 4.08. The molecule has 1 saturated heterocycles. The van der Waals surface area contributed by atoms with Crippen LogP contribution in [0.4, 0.5) is 0 Å². The van der Waals surface area contributed by atoms with Gasteiger partial charge in [-0.3, -0.25) is 0 Å². The summed E-state index contributed by atoms with van der Waals surface area (Å²) in [4.78, 5) is 0. The predicted octanol–water partition coefficient (Wildman–Crippen LogP) is -0.247. The quantitative estimate of drug-likeness (QED) is 0.496. The molecule has 1 fully saturated rings. The Hall–Kier alpha value is 0.170. The van der Waals surface area contributed by atoms with Crippen molar-refractivity contribution in [3.63, 3.8) is 0 Å². The summed E-state index contributed by atoms with van der Waals surface area (Å²) in [5.41, 5.74) is 2.56. The first kappa shape index (κ1) is 14.2. The monoisotopic (exact) mass is 307 g/mol. The molecule has 0 radical (unpaired) electrons. The van der Waals surface area contributed by atoms with E-state index in [4.69, 9.17) is 0 Å². The number of rotatable bonds is 4. The Balaban J connectivity index is 0.00000169. The smallest absolute Gasteiger partial charge is 0.105 e. The summed E-state index contributed by atoms with van der Waals surface area (Å²) in [7, 11) is 0. The van der Waals surface area contributed by atoms with Gasteiger partial charge in [-0.1, -0.05) is 27.0 Å². The highest BCUT2D eigenvalue weighted by molar-refractivity contribution is 5.29. The molecule has 1 heterocycles. The molecule has 0 saturated carbocycles. The van der Waals surface area contributed by atoms with Gasteiger partial charge >= 0.3 is 0 Å². The molecular weight excluding hydrogens is 285 g/mol. The molecule has 2 heteroatoms. The standard InChI is InChI=1S/C12H22N.HI/c1-5-7-13(8-6-2)9-11(3)12(4)10-13;/h3-10H2,1-2H3;1H/q+1;/p-1. The van der Waals surface area contributed by atoms with E-state index in [1.54, 1.807) is 0 Å². The third-order valence-corrected chi connectivity index (χ3v) is 2.95. The van der Waals surface area contributed by atoms with E-state index in [9.17, 15) is 0 Å². The highest BCUT2D eigenvalue weighted by Crippen LogP contribution is 2.27. The van der Waals surface area contributed by atoms with Crippen LogP contribution in [0.2, 0.25) is 0 Å². The molecule has 1 aliphatic heterocycles. The van der Waals surface area contributed by atoms with E-state index in [-0.39, 0.29) is 24.0 Å². The molecule has 0 spiro atoms. The van der Waals surface area contributed by atoms with Crippen LogP contribution in [0.15, 0.2) is 24.3 Å². The molecule has 0 aromatic carbocycles.